The third-order valence-electron chi connectivity index (χ3n) is 3.65. The Balaban J connectivity index is 2.42. The molecule has 1 aromatic rings. The number of rotatable bonds is 8. The topological polar surface area (TPSA) is 85.1 Å². The number of nitrogens with zero attached hydrogens (tertiary/aromatic N) is 2. The van der Waals surface area contributed by atoms with Gasteiger partial charge in [0.2, 0.25) is 0 Å². The van der Waals surface area contributed by atoms with Gasteiger partial charge in [-0.15, -0.1) is 6.58 Å². The van der Waals surface area contributed by atoms with Gasteiger partial charge in [-0.3, -0.25) is 14.5 Å². The highest BCUT2D eigenvalue weighted by molar-refractivity contribution is 7.80. The van der Waals surface area contributed by atoms with Crippen molar-refractivity contribution in [3.63, 3.8) is 0 Å². The fourth-order valence-electron chi connectivity index (χ4n) is 2.48. The van der Waals surface area contributed by atoms with Crippen molar-refractivity contribution in [1.29, 1.82) is 0 Å². The fourth-order valence-corrected chi connectivity index (χ4v) is 3.01. The number of likely N-dealkylation sites (N-methyl/N-ethyl adjacent to an activating group) is 1. The van der Waals surface area contributed by atoms with Gasteiger partial charge >= 0.3 is 0 Å². The molecule has 0 saturated carbocycles. The molecule has 7 nitrogen and oxygen atoms in total. The maximum Gasteiger partial charge on any atom is 0.277 e. The first-order chi connectivity index (χ1) is 12.8. The van der Waals surface area contributed by atoms with E-state index in [9.17, 15) is 9.59 Å². The fraction of sp³-hybridized carbons (Fsp3) is 0.278. The third-order valence-corrected chi connectivity index (χ3v) is 4.42. The molecule has 2 amide bonds. The number of halogens is 1. The number of nitrogens with two attached hydrogens (primary N) is 1. The molecule has 0 radical (unpaired) electrons. The number of ether oxygens (including phenoxy) is 2. The standard InChI is InChI=1S/C18H20ClN3O4S/c1-4-6-22-17(24)13(21(3)18(22)27)8-11-7-12(19)16(26-10-15(20)23)14(9-11)25-5-2/h4,7-9H,1,5-6,10H2,2-3H3,(H2,20,23). The van der Waals surface area contributed by atoms with Gasteiger partial charge in [0.25, 0.3) is 11.8 Å². The SMILES string of the molecule is C=CCN1C(=O)C(=Cc2cc(Cl)c(OCC(N)=O)c(OCC)c2)N(C)C1=S. The van der Waals surface area contributed by atoms with Crippen molar-refractivity contribution in [3.8, 4) is 11.5 Å². The zero-order valence-electron chi connectivity index (χ0n) is 15.0. The molecule has 0 unspecified atom stereocenters. The number of hydrogen-bond acceptors (Lipinski definition) is 5. The number of amides is 2. The van der Waals surface area contributed by atoms with Gasteiger partial charge in [-0.05, 0) is 42.9 Å². The third kappa shape index (κ3) is 4.58. The van der Waals surface area contributed by atoms with Crippen LogP contribution in [0.4, 0.5) is 0 Å². The minimum Gasteiger partial charge on any atom is -0.490 e. The molecule has 1 aliphatic rings. The molecular formula is C18H20ClN3O4S. The molecule has 0 bridgehead atoms. The molecule has 1 fully saturated rings. The molecule has 2 N–H and O–H groups in total. The first-order valence-electron chi connectivity index (χ1n) is 8.09. The van der Waals surface area contributed by atoms with Crippen molar-refractivity contribution < 1.29 is 19.1 Å². The van der Waals surface area contributed by atoms with Gasteiger partial charge in [0.1, 0.15) is 5.70 Å². The van der Waals surface area contributed by atoms with Gasteiger partial charge in [-0.1, -0.05) is 17.7 Å². The molecule has 1 heterocycles. The predicted octanol–water partition coefficient (Wildman–Crippen LogP) is 2.19. The summed E-state index contributed by atoms with van der Waals surface area (Å²) in [4.78, 5) is 26.6. The van der Waals surface area contributed by atoms with Gasteiger partial charge in [-0.25, -0.2) is 0 Å². The van der Waals surface area contributed by atoms with Crippen molar-refractivity contribution in [2.45, 2.75) is 6.92 Å². The van der Waals surface area contributed by atoms with Crippen LogP contribution in [0.25, 0.3) is 6.08 Å². The van der Waals surface area contributed by atoms with E-state index in [1.54, 1.807) is 43.2 Å². The summed E-state index contributed by atoms with van der Waals surface area (Å²) in [6.45, 7) is 5.80. The molecule has 0 aliphatic carbocycles. The van der Waals surface area contributed by atoms with E-state index in [1.807, 2.05) is 0 Å². The van der Waals surface area contributed by atoms with E-state index in [0.717, 1.165) is 0 Å². The quantitative estimate of drug-likeness (QED) is 0.402. The van der Waals surface area contributed by atoms with Crippen molar-refractivity contribution in [3.05, 3.63) is 41.1 Å². The Morgan fingerprint density at radius 1 is 1.41 bits per heavy atom. The predicted molar refractivity (Wildman–Crippen MR) is 108 cm³/mol. The first-order valence-corrected chi connectivity index (χ1v) is 8.88. The van der Waals surface area contributed by atoms with Crippen molar-refractivity contribution in [2.75, 3.05) is 26.8 Å². The highest BCUT2D eigenvalue weighted by Crippen LogP contribution is 2.37. The molecule has 1 aromatic carbocycles. The molecule has 9 heteroatoms. The van der Waals surface area contributed by atoms with Gasteiger partial charge in [0.15, 0.2) is 23.2 Å². The van der Waals surface area contributed by atoms with E-state index in [0.29, 0.717) is 35.3 Å². The highest BCUT2D eigenvalue weighted by atomic mass is 35.5. The monoisotopic (exact) mass is 409 g/mol. The van der Waals surface area contributed by atoms with Crippen LogP contribution in [0.5, 0.6) is 11.5 Å². The van der Waals surface area contributed by atoms with E-state index >= 15 is 0 Å². The van der Waals surface area contributed by atoms with Crippen LogP contribution in [0.3, 0.4) is 0 Å². The Hall–Kier alpha value is -2.58. The van der Waals surface area contributed by atoms with E-state index in [2.05, 4.69) is 6.58 Å². The Kier molecular flexibility index (Phi) is 6.81. The minimum atomic E-state index is -0.631. The van der Waals surface area contributed by atoms with Gasteiger partial charge in [0, 0.05) is 13.6 Å². The smallest absolute Gasteiger partial charge is 0.277 e. The average Bonchev–Trinajstić information content (AvgIpc) is 2.79. The second kappa shape index (κ2) is 8.88. The van der Waals surface area contributed by atoms with Crippen LogP contribution in [0.2, 0.25) is 5.02 Å². The minimum absolute atomic E-state index is 0.217. The molecule has 0 aromatic heterocycles. The lowest BCUT2D eigenvalue weighted by Crippen LogP contribution is -2.31. The summed E-state index contributed by atoms with van der Waals surface area (Å²) < 4.78 is 10.9. The van der Waals surface area contributed by atoms with Crippen LogP contribution >= 0.6 is 23.8 Å². The number of benzene rings is 1. The number of carbonyl (C=O) groups is 2. The second-order valence-electron chi connectivity index (χ2n) is 5.59. The van der Waals surface area contributed by atoms with Crippen LogP contribution in [0.15, 0.2) is 30.5 Å². The largest absolute Gasteiger partial charge is 0.490 e. The zero-order chi connectivity index (χ0) is 20.1. The van der Waals surface area contributed by atoms with Crippen LogP contribution in [0, 0.1) is 0 Å². The molecular weight excluding hydrogens is 390 g/mol. The van der Waals surface area contributed by atoms with Crippen molar-refractivity contribution in [1.82, 2.24) is 9.80 Å². The van der Waals surface area contributed by atoms with Gasteiger partial charge < -0.3 is 20.1 Å². The summed E-state index contributed by atoms with van der Waals surface area (Å²) >= 11 is 11.6. The summed E-state index contributed by atoms with van der Waals surface area (Å²) in [5.74, 6) is -0.301. The first kappa shape index (κ1) is 20.7. The average molecular weight is 410 g/mol. The normalized spacial score (nSPS) is 15.4. The van der Waals surface area contributed by atoms with E-state index in [4.69, 9.17) is 39.0 Å². The van der Waals surface area contributed by atoms with Crippen LogP contribution in [-0.4, -0.2) is 53.5 Å². The van der Waals surface area contributed by atoms with E-state index < -0.39 is 5.91 Å². The van der Waals surface area contributed by atoms with Crippen molar-refractivity contribution >= 4 is 46.8 Å². The van der Waals surface area contributed by atoms with Gasteiger partial charge in [-0.2, -0.15) is 0 Å². The summed E-state index contributed by atoms with van der Waals surface area (Å²) in [6, 6.07) is 3.27. The van der Waals surface area contributed by atoms with E-state index in [1.165, 1.54) is 4.90 Å². The summed E-state index contributed by atoms with van der Waals surface area (Å²) in [7, 11) is 1.71. The maximum atomic E-state index is 12.6. The molecule has 2 rings (SSSR count). The molecule has 0 atom stereocenters. The molecule has 1 saturated heterocycles. The summed E-state index contributed by atoms with van der Waals surface area (Å²) in [5.41, 5.74) is 6.12. The zero-order valence-corrected chi connectivity index (χ0v) is 16.6. The highest BCUT2D eigenvalue weighted by Gasteiger charge is 2.34. The van der Waals surface area contributed by atoms with Crippen LogP contribution in [0.1, 0.15) is 12.5 Å². The molecule has 0 spiro atoms. The lowest BCUT2D eigenvalue weighted by atomic mass is 10.1. The lowest BCUT2D eigenvalue weighted by molar-refractivity contribution is -0.122. The van der Waals surface area contributed by atoms with E-state index in [-0.39, 0.29) is 23.3 Å². The number of hydrogen-bond donors (Lipinski definition) is 1. The maximum absolute atomic E-state index is 12.6. The Morgan fingerprint density at radius 2 is 2.11 bits per heavy atom. The lowest BCUT2D eigenvalue weighted by Gasteiger charge is -2.15. The van der Waals surface area contributed by atoms with Crippen molar-refractivity contribution in [2.24, 2.45) is 5.73 Å². The van der Waals surface area contributed by atoms with Gasteiger partial charge in [0.05, 0.1) is 11.6 Å². The molecule has 1 aliphatic heterocycles. The second-order valence-corrected chi connectivity index (χ2v) is 6.37. The Bertz CT molecular complexity index is 825. The Morgan fingerprint density at radius 3 is 2.70 bits per heavy atom. The van der Waals surface area contributed by atoms with Crippen LogP contribution < -0.4 is 15.2 Å². The summed E-state index contributed by atoms with van der Waals surface area (Å²) in [5, 5.41) is 0.622. The molecule has 27 heavy (non-hydrogen) atoms. The van der Waals surface area contributed by atoms with Crippen LogP contribution in [-0.2, 0) is 9.59 Å². The summed E-state index contributed by atoms with van der Waals surface area (Å²) in [6.07, 6.45) is 3.26. The molecule has 144 valence electrons. The Labute approximate surface area is 167 Å². The number of thiocarbonyl (C=S) groups is 1. The number of carbonyl (C=O) groups excluding carboxylic acids is 2. The number of primary amides is 1.